The molecule has 0 spiro atoms. The third-order valence-electron chi connectivity index (χ3n) is 3.00. The highest BCUT2D eigenvalue weighted by atomic mass is 16.5. The minimum absolute atomic E-state index is 0.125. The number of carbonyl (C=O) groups is 1. The molecule has 2 rings (SSSR count). The van der Waals surface area contributed by atoms with Crippen LogP contribution in [0.4, 0.5) is 0 Å². The summed E-state index contributed by atoms with van der Waals surface area (Å²) in [5, 5.41) is 3.37. The van der Waals surface area contributed by atoms with E-state index >= 15 is 0 Å². The molecule has 1 unspecified atom stereocenters. The van der Waals surface area contributed by atoms with Crippen LogP contribution in [0, 0.1) is 0 Å². The fourth-order valence-corrected chi connectivity index (χ4v) is 2.03. The zero-order valence-electron chi connectivity index (χ0n) is 10.0. The van der Waals surface area contributed by atoms with E-state index < -0.39 is 0 Å². The molecule has 1 aliphatic rings. The van der Waals surface area contributed by atoms with Crippen LogP contribution in [0.5, 0.6) is 0 Å². The van der Waals surface area contributed by atoms with Gasteiger partial charge in [-0.15, -0.1) is 0 Å². The number of hydrogen-bond donors (Lipinski definition) is 1. The predicted octanol–water partition coefficient (Wildman–Crippen LogP) is 1.91. The quantitative estimate of drug-likeness (QED) is 0.790. The molecule has 92 valence electrons. The van der Waals surface area contributed by atoms with Gasteiger partial charge >= 0.3 is 0 Å². The zero-order chi connectivity index (χ0) is 11.9. The van der Waals surface area contributed by atoms with Crippen LogP contribution in [-0.4, -0.2) is 25.0 Å². The number of ketones is 1. The van der Waals surface area contributed by atoms with Crippen LogP contribution in [0.25, 0.3) is 0 Å². The van der Waals surface area contributed by atoms with Crippen molar-refractivity contribution in [1.29, 1.82) is 0 Å². The standard InChI is InChI=1S/C14H19NO2/c16-13-7-9-17-14(10-13)6-8-15-11-12-4-2-1-3-5-12/h1-5,14-15H,6-11H2. The molecule has 1 aromatic carbocycles. The van der Waals surface area contributed by atoms with E-state index in [1.165, 1.54) is 5.56 Å². The first-order valence-electron chi connectivity index (χ1n) is 6.22. The lowest BCUT2D eigenvalue weighted by molar-refractivity contribution is -0.128. The largest absolute Gasteiger partial charge is 0.377 e. The van der Waals surface area contributed by atoms with Crippen molar-refractivity contribution in [3.8, 4) is 0 Å². The van der Waals surface area contributed by atoms with E-state index in [0.717, 1.165) is 19.5 Å². The molecular weight excluding hydrogens is 214 g/mol. The van der Waals surface area contributed by atoms with Crippen molar-refractivity contribution in [3.63, 3.8) is 0 Å². The average molecular weight is 233 g/mol. The minimum atomic E-state index is 0.125. The van der Waals surface area contributed by atoms with E-state index in [9.17, 15) is 4.79 Å². The molecule has 1 aliphatic heterocycles. The van der Waals surface area contributed by atoms with Gasteiger partial charge in [0.1, 0.15) is 5.78 Å². The molecule has 1 saturated heterocycles. The van der Waals surface area contributed by atoms with Gasteiger partial charge in [0, 0.05) is 19.4 Å². The van der Waals surface area contributed by atoms with Gasteiger partial charge in [0.25, 0.3) is 0 Å². The monoisotopic (exact) mass is 233 g/mol. The Kier molecular flexibility index (Phi) is 4.71. The van der Waals surface area contributed by atoms with Gasteiger partial charge in [-0.3, -0.25) is 4.79 Å². The van der Waals surface area contributed by atoms with Gasteiger partial charge in [0.05, 0.1) is 12.7 Å². The Hall–Kier alpha value is -1.19. The topological polar surface area (TPSA) is 38.3 Å². The van der Waals surface area contributed by atoms with E-state index in [-0.39, 0.29) is 6.10 Å². The fourth-order valence-electron chi connectivity index (χ4n) is 2.03. The smallest absolute Gasteiger partial charge is 0.137 e. The number of rotatable bonds is 5. The van der Waals surface area contributed by atoms with Crippen molar-refractivity contribution in [1.82, 2.24) is 5.32 Å². The van der Waals surface area contributed by atoms with Gasteiger partial charge < -0.3 is 10.1 Å². The fraction of sp³-hybridized carbons (Fsp3) is 0.500. The lowest BCUT2D eigenvalue weighted by Crippen LogP contribution is -2.29. The molecule has 1 atom stereocenters. The maximum atomic E-state index is 11.2. The second-order valence-electron chi connectivity index (χ2n) is 4.44. The first-order valence-corrected chi connectivity index (χ1v) is 6.22. The van der Waals surface area contributed by atoms with Gasteiger partial charge in [-0.2, -0.15) is 0 Å². The summed E-state index contributed by atoms with van der Waals surface area (Å²) in [6, 6.07) is 10.3. The Balaban J connectivity index is 1.61. The molecule has 17 heavy (non-hydrogen) atoms. The summed E-state index contributed by atoms with van der Waals surface area (Å²) in [4.78, 5) is 11.2. The van der Waals surface area contributed by atoms with Crippen molar-refractivity contribution in [2.24, 2.45) is 0 Å². The molecule has 0 aromatic heterocycles. The summed E-state index contributed by atoms with van der Waals surface area (Å²) in [5.74, 6) is 0.337. The number of nitrogens with one attached hydrogen (secondary N) is 1. The molecule has 0 amide bonds. The van der Waals surface area contributed by atoms with Gasteiger partial charge in [-0.1, -0.05) is 30.3 Å². The lowest BCUT2D eigenvalue weighted by Gasteiger charge is -2.21. The molecular formula is C14H19NO2. The zero-order valence-corrected chi connectivity index (χ0v) is 10.0. The van der Waals surface area contributed by atoms with Gasteiger partial charge in [0.15, 0.2) is 0 Å². The Morgan fingerprint density at radius 1 is 1.29 bits per heavy atom. The van der Waals surface area contributed by atoms with Crippen molar-refractivity contribution in [2.75, 3.05) is 13.2 Å². The van der Waals surface area contributed by atoms with Crippen molar-refractivity contribution >= 4 is 5.78 Å². The Morgan fingerprint density at radius 3 is 2.88 bits per heavy atom. The third-order valence-corrected chi connectivity index (χ3v) is 3.00. The van der Waals surface area contributed by atoms with Crippen molar-refractivity contribution in [2.45, 2.75) is 31.9 Å². The normalized spacial score (nSPS) is 20.5. The summed E-state index contributed by atoms with van der Waals surface area (Å²) in [7, 11) is 0. The predicted molar refractivity (Wildman–Crippen MR) is 66.7 cm³/mol. The maximum Gasteiger partial charge on any atom is 0.137 e. The summed E-state index contributed by atoms with van der Waals surface area (Å²) >= 11 is 0. The summed E-state index contributed by atoms with van der Waals surface area (Å²) in [6.07, 6.45) is 2.22. The number of benzene rings is 1. The number of hydrogen-bond acceptors (Lipinski definition) is 3. The molecule has 0 radical (unpaired) electrons. The Morgan fingerprint density at radius 2 is 2.12 bits per heavy atom. The maximum absolute atomic E-state index is 11.2. The molecule has 1 N–H and O–H groups in total. The van der Waals surface area contributed by atoms with Crippen molar-refractivity contribution < 1.29 is 9.53 Å². The van der Waals surface area contributed by atoms with Crippen LogP contribution in [0.3, 0.4) is 0 Å². The summed E-state index contributed by atoms with van der Waals surface area (Å²) < 4.78 is 5.54. The van der Waals surface area contributed by atoms with E-state index in [2.05, 4.69) is 17.4 Å². The molecule has 0 saturated carbocycles. The minimum Gasteiger partial charge on any atom is -0.377 e. The van der Waals surface area contributed by atoms with E-state index in [1.54, 1.807) is 0 Å². The molecule has 3 heteroatoms. The highest BCUT2D eigenvalue weighted by Gasteiger charge is 2.19. The number of carbonyl (C=O) groups excluding carboxylic acids is 1. The first-order chi connectivity index (χ1) is 8.34. The number of Topliss-reactive ketones (excluding diaryl/α,β-unsaturated/α-hetero) is 1. The first kappa shape index (κ1) is 12.3. The van der Waals surface area contributed by atoms with Crippen LogP contribution in [0.1, 0.15) is 24.8 Å². The Labute approximate surface area is 102 Å². The second kappa shape index (κ2) is 6.52. The highest BCUT2D eigenvalue weighted by molar-refractivity contribution is 5.79. The van der Waals surface area contributed by atoms with Crippen LogP contribution >= 0.6 is 0 Å². The molecule has 1 aromatic rings. The third kappa shape index (κ3) is 4.29. The van der Waals surface area contributed by atoms with E-state index in [1.807, 2.05) is 18.2 Å². The van der Waals surface area contributed by atoms with Gasteiger partial charge in [-0.05, 0) is 18.5 Å². The molecule has 3 nitrogen and oxygen atoms in total. The summed E-state index contributed by atoms with van der Waals surface area (Å²) in [5.41, 5.74) is 1.29. The lowest BCUT2D eigenvalue weighted by atomic mass is 10.1. The van der Waals surface area contributed by atoms with Crippen LogP contribution in [0.15, 0.2) is 30.3 Å². The average Bonchev–Trinajstić information content (AvgIpc) is 2.36. The van der Waals surface area contributed by atoms with E-state index in [0.29, 0.717) is 25.2 Å². The van der Waals surface area contributed by atoms with E-state index in [4.69, 9.17) is 4.74 Å². The molecule has 0 bridgehead atoms. The second-order valence-corrected chi connectivity index (χ2v) is 4.44. The highest BCUT2D eigenvalue weighted by Crippen LogP contribution is 2.12. The Bertz CT molecular complexity index is 350. The van der Waals surface area contributed by atoms with Crippen molar-refractivity contribution in [3.05, 3.63) is 35.9 Å². The molecule has 1 heterocycles. The summed E-state index contributed by atoms with van der Waals surface area (Å²) in [6.45, 7) is 2.37. The molecule has 0 aliphatic carbocycles. The van der Waals surface area contributed by atoms with Crippen LogP contribution in [0.2, 0.25) is 0 Å². The van der Waals surface area contributed by atoms with Crippen LogP contribution < -0.4 is 5.32 Å². The van der Waals surface area contributed by atoms with Gasteiger partial charge in [0.2, 0.25) is 0 Å². The van der Waals surface area contributed by atoms with Crippen LogP contribution in [-0.2, 0) is 16.1 Å². The number of ether oxygens (including phenoxy) is 1. The van der Waals surface area contributed by atoms with Gasteiger partial charge in [-0.25, -0.2) is 0 Å². The SMILES string of the molecule is O=C1CCOC(CCNCc2ccccc2)C1. The molecule has 1 fully saturated rings.